The highest BCUT2D eigenvalue weighted by molar-refractivity contribution is 7.17. The Morgan fingerprint density at radius 1 is 1.36 bits per heavy atom. The Kier molecular flexibility index (Phi) is 7.29. The van der Waals surface area contributed by atoms with E-state index in [0.29, 0.717) is 23.3 Å². The lowest BCUT2D eigenvalue weighted by atomic mass is 10.0. The maximum Gasteiger partial charge on any atom is 0.265 e. The van der Waals surface area contributed by atoms with E-state index in [2.05, 4.69) is 29.7 Å². The molecular formula is C19H25ClN2O2S. The van der Waals surface area contributed by atoms with E-state index < -0.39 is 0 Å². The van der Waals surface area contributed by atoms with Crippen LogP contribution in [0.5, 0.6) is 5.75 Å². The fourth-order valence-corrected chi connectivity index (χ4v) is 4.06. The van der Waals surface area contributed by atoms with Crippen molar-refractivity contribution >= 4 is 29.7 Å². The lowest BCUT2D eigenvalue weighted by Gasteiger charge is -2.28. The van der Waals surface area contributed by atoms with Crippen LogP contribution < -0.4 is 15.4 Å². The molecule has 2 N–H and O–H groups in total. The molecule has 3 rings (SSSR count). The summed E-state index contributed by atoms with van der Waals surface area (Å²) in [6, 6.07) is 12.8. The van der Waals surface area contributed by atoms with E-state index in [0.717, 1.165) is 29.8 Å². The normalized spacial score (nSPS) is 19.8. The highest BCUT2D eigenvalue weighted by atomic mass is 35.5. The van der Waals surface area contributed by atoms with Gasteiger partial charge < -0.3 is 15.4 Å². The van der Waals surface area contributed by atoms with Crippen LogP contribution in [0.1, 0.15) is 36.4 Å². The number of hydrogen-bond donors (Lipinski definition) is 2. The first-order chi connectivity index (χ1) is 11.7. The van der Waals surface area contributed by atoms with E-state index in [9.17, 15) is 4.79 Å². The van der Waals surface area contributed by atoms with E-state index in [1.54, 1.807) is 0 Å². The van der Waals surface area contributed by atoms with Crippen LogP contribution in [0.25, 0.3) is 10.4 Å². The van der Waals surface area contributed by atoms with Crippen molar-refractivity contribution in [3.63, 3.8) is 0 Å². The standard InChI is InChI=1S/C19H24N2O2S.ClH/c1-3-23-16-12-17(14-7-5-4-6-8-14)24-18(16)19(22)21-15-9-10-20-13(2)11-15;/h4-8,12-13,15,20H,3,9-11H2,1-2H3,(H,21,22);1H. The Labute approximate surface area is 159 Å². The predicted octanol–water partition coefficient (Wildman–Crippen LogP) is 4.11. The molecule has 2 aromatic rings. The Hall–Kier alpha value is -1.56. The summed E-state index contributed by atoms with van der Waals surface area (Å²) in [7, 11) is 0. The van der Waals surface area contributed by atoms with E-state index in [1.807, 2.05) is 31.2 Å². The molecule has 0 radical (unpaired) electrons. The largest absolute Gasteiger partial charge is 0.492 e. The van der Waals surface area contributed by atoms with Crippen LogP contribution in [0.4, 0.5) is 0 Å². The summed E-state index contributed by atoms with van der Waals surface area (Å²) in [4.78, 5) is 14.5. The predicted molar refractivity (Wildman–Crippen MR) is 106 cm³/mol. The molecule has 1 fully saturated rings. The van der Waals surface area contributed by atoms with Crippen molar-refractivity contribution in [3.05, 3.63) is 41.3 Å². The number of carbonyl (C=O) groups is 1. The molecule has 0 bridgehead atoms. The van der Waals surface area contributed by atoms with Gasteiger partial charge in [-0.05, 0) is 44.9 Å². The molecule has 1 amide bonds. The van der Waals surface area contributed by atoms with Crippen molar-refractivity contribution in [2.75, 3.05) is 13.2 Å². The number of halogens is 1. The second-order valence-electron chi connectivity index (χ2n) is 6.15. The molecule has 0 aliphatic carbocycles. The highest BCUT2D eigenvalue weighted by Crippen LogP contribution is 2.36. The van der Waals surface area contributed by atoms with Crippen molar-refractivity contribution in [2.45, 2.75) is 38.8 Å². The van der Waals surface area contributed by atoms with Crippen molar-refractivity contribution < 1.29 is 9.53 Å². The maximum absolute atomic E-state index is 12.8. The van der Waals surface area contributed by atoms with Crippen LogP contribution in [0.15, 0.2) is 36.4 Å². The van der Waals surface area contributed by atoms with Crippen molar-refractivity contribution in [1.29, 1.82) is 0 Å². The molecule has 0 spiro atoms. The number of hydrogen-bond acceptors (Lipinski definition) is 4. The van der Waals surface area contributed by atoms with Crippen LogP contribution in [0.3, 0.4) is 0 Å². The summed E-state index contributed by atoms with van der Waals surface area (Å²) in [6.45, 7) is 5.60. The molecule has 2 unspecified atom stereocenters. The van der Waals surface area contributed by atoms with Crippen LogP contribution in [0.2, 0.25) is 0 Å². The smallest absolute Gasteiger partial charge is 0.265 e. The number of thiophene rings is 1. The van der Waals surface area contributed by atoms with E-state index >= 15 is 0 Å². The molecule has 1 saturated heterocycles. The van der Waals surface area contributed by atoms with Gasteiger partial charge in [0, 0.05) is 17.0 Å². The SMILES string of the molecule is CCOc1cc(-c2ccccc2)sc1C(=O)NC1CCNC(C)C1.Cl. The van der Waals surface area contributed by atoms with Crippen LogP contribution >= 0.6 is 23.7 Å². The van der Waals surface area contributed by atoms with Gasteiger partial charge in [-0.15, -0.1) is 23.7 Å². The Bertz CT molecular complexity index is 690. The van der Waals surface area contributed by atoms with Crippen molar-refractivity contribution in [2.24, 2.45) is 0 Å². The first-order valence-electron chi connectivity index (χ1n) is 8.53. The van der Waals surface area contributed by atoms with E-state index in [4.69, 9.17) is 4.74 Å². The second kappa shape index (κ2) is 9.22. The number of piperidine rings is 1. The monoisotopic (exact) mass is 380 g/mol. The van der Waals surface area contributed by atoms with E-state index in [-0.39, 0.29) is 24.4 Å². The lowest BCUT2D eigenvalue weighted by molar-refractivity contribution is 0.0926. The topological polar surface area (TPSA) is 50.4 Å². The van der Waals surface area contributed by atoms with Gasteiger partial charge in [0.1, 0.15) is 10.6 Å². The molecule has 6 heteroatoms. The summed E-state index contributed by atoms with van der Waals surface area (Å²) >= 11 is 1.50. The second-order valence-corrected chi connectivity index (χ2v) is 7.21. The minimum Gasteiger partial charge on any atom is -0.492 e. The van der Waals surface area contributed by atoms with Crippen LogP contribution in [0, 0.1) is 0 Å². The first kappa shape index (κ1) is 19.8. The minimum absolute atomic E-state index is 0. The van der Waals surface area contributed by atoms with Gasteiger partial charge in [-0.3, -0.25) is 4.79 Å². The zero-order valence-electron chi connectivity index (χ0n) is 14.6. The van der Waals surface area contributed by atoms with Gasteiger partial charge in [-0.1, -0.05) is 30.3 Å². The summed E-state index contributed by atoms with van der Waals surface area (Å²) in [5, 5.41) is 6.59. The van der Waals surface area contributed by atoms with Gasteiger partial charge in [0.2, 0.25) is 0 Å². The first-order valence-corrected chi connectivity index (χ1v) is 9.35. The number of carbonyl (C=O) groups excluding carboxylic acids is 1. The summed E-state index contributed by atoms with van der Waals surface area (Å²) in [6.07, 6.45) is 1.93. The third-order valence-electron chi connectivity index (χ3n) is 4.22. The molecule has 1 aromatic heterocycles. The third-order valence-corrected chi connectivity index (χ3v) is 5.39. The average Bonchev–Trinajstić information content (AvgIpc) is 3.00. The molecule has 2 heterocycles. The molecule has 2 atom stereocenters. The average molecular weight is 381 g/mol. The number of benzene rings is 1. The molecule has 0 saturated carbocycles. The molecular weight excluding hydrogens is 356 g/mol. The van der Waals surface area contributed by atoms with Crippen molar-refractivity contribution in [3.8, 4) is 16.2 Å². The Morgan fingerprint density at radius 2 is 2.12 bits per heavy atom. The molecule has 1 aliphatic rings. The number of amides is 1. The number of rotatable bonds is 5. The fourth-order valence-electron chi connectivity index (χ4n) is 3.05. The van der Waals surface area contributed by atoms with Gasteiger partial charge in [0.25, 0.3) is 5.91 Å². The minimum atomic E-state index is -0.0234. The lowest BCUT2D eigenvalue weighted by Crippen LogP contribution is -2.46. The molecule has 1 aromatic carbocycles. The van der Waals surface area contributed by atoms with Gasteiger partial charge >= 0.3 is 0 Å². The highest BCUT2D eigenvalue weighted by Gasteiger charge is 2.24. The third kappa shape index (κ3) is 4.97. The van der Waals surface area contributed by atoms with E-state index in [1.165, 1.54) is 11.3 Å². The summed E-state index contributed by atoms with van der Waals surface area (Å²) in [5.41, 5.74) is 1.11. The van der Waals surface area contributed by atoms with Crippen LogP contribution in [-0.4, -0.2) is 31.1 Å². The molecule has 25 heavy (non-hydrogen) atoms. The molecule has 4 nitrogen and oxygen atoms in total. The Morgan fingerprint density at radius 3 is 2.80 bits per heavy atom. The zero-order chi connectivity index (χ0) is 16.9. The maximum atomic E-state index is 12.8. The van der Waals surface area contributed by atoms with Gasteiger partial charge in [0.05, 0.1) is 6.61 Å². The number of ether oxygens (including phenoxy) is 1. The molecule has 136 valence electrons. The molecule has 1 aliphatic heterocycles. The number of nitrogens with one attached hydrogen (secondary N) is 2. The van der Waals surface area contributed by atoms with Crippen LogP contribution in [-0.2, 0) is 0 Å². The quantitative estimate of drug-likeness (QED) is 0.820. The Balaban J connectivity index is 0.00000225. The van der Waals surface area contributed by atoms with Crippen molar-refractivity contribution in [1.82, 2.24) is 10.6 Å². The van der Waals surface area contributed by atoms with Gasteiger partial charge in [0.15, 0.2) is 0 Å². The zero-order valence-corrected chi connectivity index (χ0v) is 16.2. The van der Waals surface area contributed by atoms with Gasteiger partial charge in [-0.2, -0.15) is 0 Å². The van der Waals surface area contributed by atoms with Gasteiger partial charge in [-0.25, -0.2) is 0 Å². The summed E-state index contributed by atoms with van der Waals surface area (Å²) < 4.78 is 5.71. The summed E-state index contributed by atoms with van der Waals surface area (Å²) in [5.74, 6) is 0.658. The fraction of sp³-hybridized carbons (Fsp3) is 0.421.